The highest BCUT2D eigenvalue weighted by atomic mass is 16.4. The van der Waals surface area contributed by atoms with E-state index in [4.69, 9.17) is 10.2 Å². The molecule has 1 saturated carbocycles. The Kier molecular flexibility index (Phi) is 6.82. The van der Waals surface area contributed by atoms with Crippen LogP contribution in [0.15, 0.2) is 47.5 Å². The average Bonchev–Trinajstić information content (AvgIpc) is 3.24. The summed E-state index contributed by atoms with van der Waals surface area (Å²) in [6.07, 6.45) is 4.23. The minimum Gasteiger partial charge on any atom is -0.478 e. The van der Waals surface area contributed by atoms with E-state index in [1.54, 1.807) is 0 Å². The quantitative estimate of drug-likeness (QED) is 0.492. The third-order valence-electron chi connectivity index (χ3n) is 2.84. The first-order chi connectivity index (χ1) is 10.4. The van der Waals surface area contributed by atoms with E-state index in [9.17, 15) is 9.59 Å². The van der Waals surface area contributed by atoms with Gasteiger partial charge in [0.2, 0.25) is 0 Å². The Bertz CT molecular complexity index is 537. The molecule has 1 fully saturated rings. The van der Waals surface area contributed by atoms with Crippen LogP contribution in [0.25, 0.3) is 0 Å². The first-order valence-electron chi connectivity index (χ1n) is 6.78. The average molecular weight is 304 g/mol. The minimum absolute atomic E-state index is 0.514. The van der Waals surface area contributed by atoms with Crippen molar-refractivity contribution in [2.24, 2.45) is 4.99 Å². The predicted octanol–water partition coefficient (Wildman–Crippen LogP) is 1.84. The van der Waals surface area contributed by atoms with Gasteiger partial charge in [0.15, 0.2) is 0 Å². The monoisotopic (exact) mass is 304 g/mol. The Hall–Kier alpha value is -2.63. The van der Waals surface area contributed by atoms with Gasteiger partial charge in [0, 0.05) is 32.2 Å². The molecular weight excluding hydrogens is 284 g/mol. The molecule has 1 aromatic rings. The number of carboxylic acid groups (broad SMARTS) is 2. The summed E-state index contributed by atoms with van der Waals surface area (Å²) in [6, 6.07) is 11.1. The molecule has 0 radical (unpaired) electrons. The molecule has 6 heteroatoms. The van der Waals surface area contributed by atoms with Crippen LogP contribution in [-0.4, -0.2) is 53.5 Å². The second kappa shape index (κ2) is 8.61. The van der Waals surface area contributed by atoms with Gasteiger partial charge in [-0.15, -0.1) is 0 Å². The van der Waals surface area contributed by atoms with E-state index >= 15 is 0 Å². The zero-order chi connectivity index (χ0) is 16.5. The number of carbonyl (C=O) groups is 2. The lowest BCUT2D eigenvalue weighted by Gasteiger charge is -2.01. The van der Waals surface area contributed by atoms with Gasteiger partial charge in [-0.3, -0.25) is 4.99 Å². The first-order valence-corrected chi connectivity index (χ1v) is 6.78. The second-order valence-electron chi connectivity index (χ2n) is 5.06. The molecule has 6 nitrogen and oxygen atoms in total. The molecule has 2 unspecified atom stereocenters. The van der Waals surface area contributed by atoms with Gasteiger partial charge in [0.1, 0.15) is 0 Å². The maximum atomic E-state index is 9.55. The van der Waals surface area contributed by atoms with Crippen molar-refractivity contribution in [2.75, 3.05) is 14.1 Å². The Balaban J connectivity index is 0.000000261. The second-order valence-corrected chi connectivity index (χ2v) is 5.06. The molecule has 0 spiro atoms. The summed E-state index contributed by atoms with van der Waals surface area (Å²) in [5, 5.41) is 15.6. The van der Waals surface area contributed by atoms with Gasteiger partial charge < -0.3 is 15.1 Å². The van der Waals surface area contributed by atoms with Crippen LogP contribution in [0.2, 0.25) is 0 Å². The van der Waals surface area contributed by atoms with Gasteiger partial charge in [-0.25, -0.2) is 9.59 Å². The van der Waals surface area contributed by atoms with Gasteiger partial charge in [0.25, 0.3) is 0 Å². The smallest absolute Gasteiger partial charge is 0.328 e. The number of benzene rings is 1. The van der Waals surface area contributed by atoms with Crippen molar-refractivity contribution in [2.45, 2.75) is 18.4 Å². The number of aliphatic carboxylic acids is 2. The van der Waals surface area contributed by atoms with Crippen LogP contribution < -0.4 is 0 Å². The maximum Gasteiger partial charge on any atom is 0.328 e. The van der Waals surface area contributed by atoms with Crippen LogP contribution in [0, 0.1) is 0 Å². The highest BCUT2D eigenvalue weighted by Gasteiger charge is 2.37. The fourth-order valence-corrected chi connectivity index (χ4v) is 1.77. The molecule has 2 atom stereocenters. The number of carboxylic acids is 2. The molecular formula is C16H20N2O4. The summed E-state index contributed by atoms with van der Waals surface area (Å²) >= 11 is 0. The van der Waals surface area contributed by atoms with Crippen molar-refractivity contribution in [1.29, 1.82) is 0 Å². The molecule has 0 aliphatic heterocycles. The highest BCUT2D eigenvalue weighted by molar-refractivity contribution is 5.89. The van der Waals surface area contributed by atoms with Crippen LogP contribution in [0.5, 0.6) is 0 Å². The van der Waals surface area contributed by atoms with Crippen molar-refractivity contribution >= 4 is 18.3 Å². The molecule has 0 saturated heterocycles. The molecule has 0 aromatic heterocycles. The summed E-state index contributed by atoms with van der Waals surface area (Å²) in [6.45, 7) is 0. The van der Waals surface area contributed by atoms with E-state index in [1.807, 2.05) is 25.3 Å². The summed E-state index contributed by atoms with van der Waals surface area (Å²) < 4.78 is 0. The van der Waals surface area contributed by atoms with Crippen molar-refractivity contribution in [1.82, 2.24) is 4.90 Å². The first kappa shape index (κ1) is 17.4. The van der Waals surface area contributed by atoms with Crippen molar-refractivity contribution in [3.63, 3.8) is 0 Å². The normalized spacial score (nSPS) is 19.5. The molecule has 0 heterocycles. The number of hydrogen-bond acceptors (Lipinski definition) is 3. The highest BCUT2D eigenvalue weighted by Crippen LogP contribution is 2.43. The molecule has 22 heavy (non-hydrogen) atoms. The van der Waals surface area contributed by atoms with E-state index in [0.717, 1.165) is 0 Å². The lowest BCUT2D eigenvalue weighted by Crippen LogP contribution is -2.08. The topological polar surface area (TPSA) is 90.2 Å². The lowest BCUT2D eigenvalue weighted by molar-refractivity contribution is -0.134. The van der Waals surface area contributed by atoms with E-state index in [-0.39, 0.29) is 0 Å². The van der Waals surface area contributed by atoms with Crippen LogP contribution in [0.4, 0.5) is 0 Å². The van der Waals surface area contributed by atoms with Crippen LogP contribution in [-0.2, 0) is 9.59 Å². The number of nitrogens with zero attached hydrogens (tertiary/aromatic N) is 2. The minimum atomic E-state index is -1.26. The van der Waals surface area contributed by atoms with Crippen molar-refractivity contribution in [3.05, 3.63) is 48.0 Å². The molecule has 0 amide bonds. The Morgan fingerprint density at radius 1 is 1.14 bits per heavy atom. The van der Waals surface area contributed by atoms with Crippen LogP contribution >= 0.6 is 0 Å². The molecule has 1 aliphatic rings. The van der Waals surface area contributed by atoms with Crippen molar-refractivity contribution < 1.29 is 19.8 Å². The summed E-state index contributed by atoms with van der Waals surface area (Å²) in [7, 11) is 4.01. The van der Waals surface area contributed by atoms with Gasteiger partial charge >= 0.3 is 11.9 Å². The SMILES string of the molecule is CN(C)C=NC1CC1c1ccccc1.O=C(O)/C=C/C(=O)O. The van der Waals surface area contributed by atoms with E-state index in [2.05, 4.69) is 35.3 Å². The Morgan fingerprint density at radius 2 is 1.68 bits per heavy atom. The molecule has 0 bridgehead atoms. The third kappa shape index (κ3) is 7.23. The van der Waals surface area contributed by atoms with Gasteiger partial charge in [-0.05, 0) is 12.0 Å². The molecule has 118 valence electrons. The summed E-state index contributed by atoms with van der Waals surface area (Å²) in [4.78, 5) is 25.6. The fourth-order valence-electron chi connectivity index (χ4n) is 1.77. The largest absolute Gasteiger partial charge is 0.478 e. The molecule has 2 N–H and O–H groups in total. The van der Waals surface area contributed by atoms with Gasteiger partial charge in [-0.2, -0.15) is 0 Å². The van der Waals surface area contributed by atoms with Gasteiger partial charge in [-0.1, -0.05) is 30.3 Å². The zero-order valence-corrected chi connectivity index (χ0v) is 12.6. The number of aliphatic imine (C=N–C) groups is 1. The standard InChI is InChI=1S/C12H16N2.C4H4O4/c1-14(2)9-13-12-8-11(12)10-6-4-3-5-7-10;5-3(6)1-2-4(7)8/h3-7,9,11-12H,8H2,1-2H3;1-2H,(H,5,6)(H,7,8)/b;2-1+. The molecule has 1 aromatic carbocycles. The predicted molar refractivity (Wildman–Crippen MR) is 84.2 cm³/mol. The van der Waals surface area contributed by atoms with Crippen molar-refractivity contribution in [3.8, 4) is 0 Å². The van der Waals surface area contributed by atoms with E-state index < -0.39 is 11.9 Å². The number of hydrogen-bond donors (Lipinski definition) is 2. The summed E-state index contributed by atoms with van der Waals surface area (Å²) in [5.74, 6) is -1.85. The van der Waals surface area contributed by atoms with Gasteiger partial charge in [0.05, 0.1) is 12.4 Å². The Morgan fingerprint density at radius 3 is 2.14 bits per heavy atom. The third-order valence-corrected chi connectivity index (χ3v) is 2.84. The zero-order valence-electron chi connectivity index (χ0n) is 12.6. The van der Waals surface area contributed by atoms with Crippen LogP contribution in [0.3, 0.4) is 0 Å². The van der Waals surface area contributed by atoms with E-state index in [1.165, 1.54) is 12.0 Å². The summed E-state index contributed by atoms with van der Waals surface area (Å²) in [5.41, 5.74) is 1.42. The number of rotatable bonds is 5. The Labute approximate surface area is 129 Å². The van der Waals surface area contributed by atoms with E-state index in [0.29, 0.717) is 24.1 Å². The maximum absolute atomic E-state index is 9.55. The fraction of sp³-hybridized carbons (Fsp3) is 0.312. The molecule has 1 aliphatic carbocycles. The molecule has 2 rings (SSSR count). The lowest BCUT2D eigenvalue weighted by atomic mass is 10.1. The van der Waals surface area contributed by atoms with Crippen LogP contribution in [0.1, 0.15) is 17.9 Å².